The van der Waals surface area contributed by atoms with Crippen LogP contribution in [0.15, 0.2) is 0 Å². The molecule has 0 radical (unpaired) electrons. The molecule has 3 aliphatic heterocycles. The third kappa shape index (κ3) is 2.01. The third-order valence-corrected chi connectivity index (χ3v) is 4.79. The van der Waals surface area contributed by atoms with Crippen molar-refractivity contribution in [1.29, 1.82) is 0 Å². The second-order valence-electron chi connectivity index (χ2n) is 5.92. The standard InChI is InChI=1S/C13H25N3/c1-15-6-3-5-12(10-15)16-7-2-4-11-8-14-9-13(11)16/h11-14H,2-10H2,1H3. The van der Waals surface area contributed by atoms with Gasteiger partial charge in [0.2, 0.25) is 0 Å². The van der Waals surface area contributed by atoms with Crippen LogP contribution in [-0.4, -0.2) is 61.7 Å². The van der Waals surface area contributed by atoms with Gasteiger partial charge in [0, 0.05) is 25.2 Å². The summed E-state index contributed by atoms with van der Waals surface area (Å²) in [6.07, 6.45) is 5.69. The van der Waals surface area contributed by atoms with Crippen molar-refractivity contribution in [2.24, 2.45) is 5.92 Å². The summed E-state index contributed by atoms with van der Waals surface area (Å²) in [5.74, 6) is 0.945. The molecule has 3 heterocycles. The van der Waals surface area contributed by atoms with Crippen LogP contribution in [0, 0.1) is 5.92 Å². The van der Waals surface area contributed by atoms with Gasteiger partial charge >= 0.3 is 0 Å². The summed E-state index contributed by atoms with van der Waals surface area (Å²) in [7, 11) is 2.28. The first-order chi connectivity index (χ1) is 7.84. The summed E-state index contributed by atoms with van der Waals surface area (Å²) >= 11 is 0. The minimum absolute atomic E-state index is 0.839. The fourth-order valence-electron chi connectivity index (χ4n) is 3.97. The Hall–Kier alpha value is -0.120. The Morgan fingerprint density at radius 3 is 2.81 bits per heavy atom. The molecule has 3 rings (SSSR count). The zero-order valence-electron chi connectivity index (χ0n) is 10.5. The van der Waals surface area contributed by atoms with Crippen LogP contribution >= 0.6 is 0 Å². The largest absolute Gasteiger partial charge is 0.315 e. The first-order valence-electron chi connectivity index (χ1n) is 6.99. The molecule has 3 heteroatoms. The zero-order valence-corrected chi connectivity index (χ0v) is 10.5. The summed E-state index contributed by atoms with van der Waals surface area (Å²) < 4.78 is 0. The Kier molecular flexibility index (Phi) is 3.18. The lowest BCUT2D eigenvalue weighted by Crippen LogP contribution is -2.55. The van der Waals surface area contributed by atoms with Gasteiger partial charge in [0.05, 0.1) is 0 Å². The Morgan fingerprint density at radius 2 is 1.94 bits per heavy atom. The number of piperidine rings is 2. The molecule has 0 saturated carbocycles. The van der Waals surface area contributed by atoms with Gasteiger partial charge in [0.15, 0.2) is 0 Å². The van der Waals surface area contributed by atoms with Gasteiger partial charge in [0.1, 0.15) is 0 Å². The Balaban J connectivity index is 1.67. The molecule has 3 fully saturated rings. The lowest BCUT2D eigenvalue weighted by atomic mass is 9.89. The summed E-state index contributed by atoms with van der Waals surface area (Å²) in [5, 5.41) is 3.59. The van der Waals surface area contributed by atoms with Crippen LogP contribution in [0.5, 0.6) is 0 Å². The molecule has 0 aromatic carbocycles. The van der Waals surface area contributed by atoms with E-state index < -0.39 is 0 Å². The van der Waals surface area contributed by atoms with Crippen LogP contribution in [-0.2, 0) is 0 Å². The summed E-state index contributed by atoms with van der Waals surface area (Å²) in [4.78, 5) is 5.35. The van der Waals surface area contributed by atoms with E-state index in [0.29, 0.717) is 0 Å². The van der Waals surface area contributed by atoms with Gasteiger partial charge in [-0.15, -0.1) is 0 Å². The molecule has 3 unspecified atom stereocenters. The van der Waals surface area contributed by atoms with Crippen LogP contribution in [0.4, 0.5) is 0 Å². The topological polar surface area (TPSA) is 18.5 Å². The molecule has 3 nitrogen and oxygen atoms in total. The molecular formula is C13H25N3. The molecule has 0 aromatic heterocycles. The van der Waals surface area contributed by atoms with Gasteiger partial charge in [0.25, 0.3) is 0 Å². The van der Waals surface area contributed by atoms with E-state index in [1.54, 1.807) is 0 Å². The summed E-state index contributed by atoms with van der Waals surface area (Å²) in [6.45, 7) is 6.45. The molecule has 0 bridgehead atoms. The van der Waals surface area contributed by atoms with Crippen molar-refractivity contribution in [3.8, 4) is 0 Å². The molecule has 0 spiro atoms. The Labute approximate surface area is 99.2 Å². The third-order valence-electron chi connectivity index (χ3n) is 4.79. The highest BCUT2D eigenvalue weighted by Crippen LogP contribution is 2.30. The molecule has 0 amide bonds. The molecule has 0 aromatic rings. The SMILES string of the molecule is CN1CCCC(N2CCCC3CNCC32)C1. The average molecular weight is 223 g/mol. The number of nitrogens with one attached hydrogen (secondary N) is 1. The zero-order chi connectivity index (χ0) is 11.0. The predicted octanol–water partition coefficient (Wildman–Crippen LogP) is 0.764. The van der Waals surface area contributed by atoms with E-state index in [1.165, 1.54) is 58.4 Å². The molecular weight excluding hydrogens is 198 g/mol. The van der Waals surface area contributed by atoms with Crippen LogP contribution < -0.4 is 5.32 Å². The number of hydrogen-bond donors (Lipinski definition) is 1. The Morgan fingerprint density at radius 1 is 1.06 bits per heavy atom. The molecule has 1 N–H and O–H groups in total. The highest BCUT2D eigenvalue weighted by Gasteiger charge is 2.38. The maximum Gasteiger partial charge on any atom is 0.0264 e. The van der Waals surface area contributed by atoms with Crippen molar-refractivity contribution in [3.05, 3.63) is 0 Å². The van der Waals surface area contributed by atoms with E-state index in [0.717, 1.165) is 18.0 Å². The van der Waals surface area contributed by atoms with E-state index in [9.17, 15) is 0 Å². The van der Waals surface area contributed by atoms with Crippen LogP contribution in [0.2, 0.25) is 0 Å². The van der Waals surface area contributed by atoms with Crippen molar-refractivity contribution in [2.75, 3.05) is 39.8 Å². The van der Waals surface area contributed by atoms with Gasteiger partial charge in [-0.3, -0.25) is 4.90 Å². The average Bonchev–Trinajstić information content (AvgIpc) is 2.76. The van der Waals surface area contributed by atoms with E-state index in [4.69, 9.17) is 0 Å². The normalized spacial score (nSPS) is 42.2. The fourth-order valence-corrected chi connectivity index (χ4v) is 3.97. The quantitative estimate of drug-likeness (QED) is 0.708. The summed E-state index contributed by atoms with van der Waals surface area (Å²) in [5.41, 5.74) is 0. The van der Waals surface area contributed by atoms with Crippen molar-refractivity contribution in [2.45, 2.75) is 37.8 Å². The van der Waals surface area contributed by atoms with Crippen molar-refractivity contribution in [1.82, 2.24) is 15.1 Å². The lowest BCUT2D eigenvalue weighted by molar-refractivity contribution is 0.0392. The fraction of sp³-hybridized carbons (Fsp3) is 1.00. The Bertz CT molecular complexity index is 243. The van der Waals surface area contributed by atoms with Gasteiger partial charge in [-0.25, -0.2) is 0 Å². The first kappa shape index (κ1) is 11.0. The van der Waals surface area contributed by atoms with Crippen molar-refractivity contribution >= 4 is 0 Å². The first-order valence-corrected chi connectivity index (χ1v) is 6.99. The minimum Gasteiger partial charge on any atom is -0.315 e. The minimum atomic E-state index is 0.839. The molecule has 3 aliphatic rings. The second kappa shape index (κ2) is 4.63. The van der Waals surface area contributed by atoms with E-state index in [1.807, 2.05) is 0 Å². The molecule has 3 saturated heterocycles. The number of likely N-dealkylation sites (tertiary alicyclic amines) is 2. The molecule has 3 atom stereocenters. The monoisotopic (exact) mass is 223 g/mol. The van der Waals surface area contributed by atoms with Crippen molar-refractivity contribution in [3.63, 3.8) is 0 Å². The predicted molar refractivity (Wildman–Crippen MR) is 66.6 cm³/mol. The van der Waals surface area contributed by atoms with Crippen molar-refractivity contribution < 1.29 is 0 Å². The van der Waals surface area contributed by atoms with Crippen LogP contribution in [0.3, 0.4) is 0 Å². The molecule has 16 heavy (non-hydrogen) atoms. The number of rotatable bonds is 1. The number of nitrogens with zero attached hydrogens (tertiary/aromatic N) is 2. The second-order valence-corrected chi connectivity index (χ2v) is 5.92. The molecule has 0 aliphatic carbocycles. The lowest BCUT2D eigenvalue weighted by Gasteiger charge is -2.45. The number of hydrogen-bond acceptors (Lipinski definition) is 3. The highest BCUT2D eigenvalue weighted by molar-refractivity contribution is 4.95. The van der Waals surface area contributed by atoms with Gasteiger partial charge in [-0.1, -0.05) is 0 Å². The van der Waals surface area contributed by atoms with Crippen LogP contribution in [0.25, 0.3) is 0 Å². The maximum atomic E-state index is 3.59. The summed E-state index contributed by atoms with van der Waals surface area (Å²) in [6, 6.07) is 1.69. The van der Waals surface area contributed by atoms with Gasteiger partial charge in [-0.05, 0) is 58.3 Å². The number of fused-ring (bicyclic) bond motifs is 1. The van der Waals surface area contributed by atoms with Crippen LogP contribution in [0.1, 0.15) is 25.7 Å². The van der Waals surface area contributed by atoms with E-state index >= 15 is 0 Å². The molecule has 92 valence electrons. The maximum absolute atomic E-state index is 3.59. The van der Waals surface area contributed by atoms with E-state index in [2.05, 4.69) is 22.2 Å². The van der Waals surface area contributed by atoms with Gasteiger partial charge in [-0.2, -0.15) is 0 Å². The number of likely N-dealkylation sites (N-methyl/N-ethyl adjacent to an activating group) is 1. The van der Waals surface area contributed by atoms with Gasteiger partial charge < -0.3 is 10.2 Å². The highest BCUT2D eigenvalue weighted by atomic mass is 15.3. The smallest absolute Gasteiger partial charge is 0.0264 e. The van der Waals surface area contributed by atoms with E-state index in [-0.39, 0.29) is 0 Å².